The first-order chi connectivity index (χ1) is 8.63. The summed E-state index contributed by atoms with van der Waals surface area (Å²) in [5.74, 6) is -0.757. The van der Waals surface area contributed by atoms with Crippen molar-refractivity contribution in [3.63, 3.8) is 0 Å². The Morgan fingerprint density at radius 1 is 1.50 bits per heavy atom. The Hall–Kier alpha value is -0.520. The van der Waals surface area contributed by atoms with Crippen LogP contribution in [0.4, 0.5) is 0 Å². The maximum atomic E-state index is 10.6. The maximum Gasteiger partial charge on any atom is 0.308 e. The Bertz CT molecular complexity index is 407. The minimum Gasteiger partial charge on any atom is -0.481 e. The summed E-state index contributed by atoms with van der Waals surface area (Å²) in [4.78, 5) is 12.8. The molecule has 0 aliphatic heterocycles. The van der Waals surface area contributed by atoms with Gasteiger partial charge in [0.05, 0.1) is 6.42 Å². The van der Waals surface area contributed by atoms with Crippen molar-refractivity contribution < 1.29 is 9.90 Å². The number of carboxylic acid groups (broad SMARTS) is 1. The lowest BCUT2D eigenvalue weighted by atomic mass is 9.84. The fourth-order valence-corrected chi connectivity index (χ4v) is 4.12. The molecule has 1 aromatic rings. The lowest BCUT2D eigenvalue weighted by Gasteiger charge is -2.40. The number of carbonyl (C=O) groups is 1. The van der Waals surface area contributed by atoms with Crippen LogP contribution in [0.5, 0.6) is 0 Å². The molecule has 1 saturated carbocycles. The minimum atomic E-state index is -0.757. The van der Waals surface area contributed by atoms with E-state index >= 15 is 0 Å². The molecule has 0 spiro atoms. The quantitative estimate of drug-likeness (QED) is 0.809. The molecule has 1 heterocycles. The van der Waals surface area contributed by atoms with Gasteiger partial charge >= 0.3 is 5.97 Å². The predicted octanol–water partition coefficient (Wildman–Crippen LogP) is 2.75. The van der Waals surface area contributed by atoms with Crippen molar-refractivity contribution in [3.8, 4) is 0 Å². The van der Waals surface area contributed by atoms with Crippen molar-refractivity contribution in [2.75, 3.05) is 12.8 Å². The van der Waals surface area contributed by atoms with Gasteiger partial charge in [-0.3, -0.25) is 4.79 Å². The Balaban J connectivity index is 1.76. The molecule has 1 fully saturated rings. The van der Waals surface area contributed by atoms with Crippen LogP contribution in [0, 0.1) is 0 Å². The Morgan fingerprint density at radius 3 is 2.78 bits per heavy atom. The number of hydrogen-bond donors (Lipinski definition) is 2. The van der Waals surface area contributed by atoms with E-state index in [0.29, 0.717) is 4.75 Å². The van der Waals surface area contributed by atoms with Crippen LogP contribution >= 0.6 is 23.1 Å². The molecule has 1 aliphatic carbocycles. The first-order valence-electron chi connectivity index (χ1n) is 6.19. The van der Waals surface area contributed by atoms with Crippen molar-refractivity contribution in [3.05, 3.63) is 21.9 Å². The zero-order valence-electron chi connectivity index (χ0n) is 10.6. The van der Waals surface area contributed by atoms with E-state index in [9.17, 15) is 4.79 Å². The molecule has 1 aliphatic rings. The van der Waals surface area contributed by atoms with Crippen LogP contribution in [-0.4, -0.2) is 28.6 Å². The highest BCUT2D eigenvalue weighted by Gasteiger charge is 2.35. The molecule has 1 aromatic heterocycles. The van der Waals surface area contributed by atoms with Gasteiger partial charge in [0.1, 0.15) is 0 Å². The molecule has 2 N–H and O–H groups in total. The molecule has 100 valence electrons. The first-order valence-corrected chi connectivity index (χ1v) is 8.23. The second kappa shape index (κ2) is 6.08. The summed E-state index contributed by atoms with van der Waals surface area (Å²) in [6, 6.07) is 3.95. The Labute approximate surface area is 116 Å². The Morgan fingerprint density at radius 2 is 2.22 bits per heavy atom. The van der Waals surface area contributed by atoms with Crippen LogP contribution in [0.3, 0.4) is 0 Å². The lowest BCUT2D eigenvalue weighted by Crippen LogP contribution is -2.43. The normalized spacial score (nSPS) is 17.4. The van der Waals surface area contributed by atoms with E-state index in [-0.39, 0.29) is 6.42 Å². The summed E-state index contributed by atoms with van der Waals surface area (Å²) in [7, 11) is 0. The molecule has 2 rings (SSSR count). The number of aliphatic carboxylic acids is 1. The van der Waals surface area contributed by atoms with Gasteiger partial charge in [0.25, 0.3) is 0 Å². The molecule has 5 heteroatoms. The van der Waals surface area contributed by atoms with E-state index in [0.717, 1.165) is 18.0 Å². The largest absolute Gasteiger partial charge is 0.481 e. The van der Waals surface area contributed by atoms with E-state index < -0.39 is 5.97 Å². The summed E-state index contributed by atoms with van der Waals surface area (Å²) in [5, 5.41) is 12.2. The van der Waals surface area contributed by atoms with Crippen LogP contribution in [0.25, 0.3) is 0 Å². The van der Waals surface area contributed by atoms with E-state index in [2.05, 4.69) is 11.6 Å². The molecule has 0 saturated heterocycles. The van der Waals surface area contributed by atoms with Gasteiger partial charge in [-0.25, -0.2) is 0 Å². The Kier molecular flexibility index (Phi) is 4.70. The maximum absolute atomic E-state index is 10.6. The van der Waals surface area contributed by atoms with Gasteiger partial charge in [-0.1, -0.05) is 6.42 Å². The molecule has 0 aromatic carbocycles. The number of thiophene rings is 1. The van der Waals surface area contributed by atoms with Gasteiger partial charge in [0, 0.05) is 27.6 Å². The van der Waals surface area contributed by atoms with Gasteiger partial charge in [0.2, 0.25) is 0 Å². The van der Waals surface area contributed by atoms with E-state index in [1.807, 2.05) is 23.9 Å². The fraction of sp³-hybridized carbons (Fsp3) is 0.615. The average Bonchev–Trinajstić information content (AvgIpc) is 2.69. The summed E-state index contributed by atoms with van der Waals surface area (Å²) in [5.41, 5.74) is 0. The van der Waals surface area contributed by atoms with E-state index in [4.69, 9.17) is 5.11 Å². The van der Waals surface area contributed by atoms with Gasteiger partial charge in [0.15, 0.2) is 0 Å². The third kappa shape index (κ3) is 3.49. The van der Waals surface area contributed by atoms with E-state index in [1.54, 1.807) is 11.3 Å². The summed E-state index contributed by atoms with van der Waals surface area (Å²) < 4.78 is 0.459. The molecular formula is C13H19NO2S2. The fourth-order valence-electron chi connectivity index (χ4n) is 2.20. The van der Waals surface area contributed by atoms with Gasteiger partial charge in [-0.15, -0.1) is 11.3 Å². The lowest BCUT2D eigenvalue weighted by molar-refractivity contribution is -0.136. The van der Waals surface area contributed by atoms with Crippen LogP contribution < -0.4 is 5.32 Å². The number of rotatable bonds is 7. The molecular weight excluding hydrogens is 266 g/mol. The summed E-state index contributed by atoms with van der Waals surface area (Å²) in [6.07, 6.45) is 6.31. The number of hydrogen-bond acceptors (Lipinski definition) is 4. The smallest absolute Gasteiger partial charge is 0.308 e. The molecule has 3 nitrogen and oxygen atoms in total. The topological polar surface area (TPSA) is 49.3 Å². The van der Waals surface area contributed by atoms with Crippen LogP contribution in [0.1, 0.15) is 29.0 Å². The zero-order valence-corrected chi connectivity index (χ0v) is 12.2. The van der Waals surface area contributed by atoms with Crippen molar-refractivity contribution >= 4 is 29.1 Å². The molecule has 0 bridgehead atoms. The number of carboxylic acids is 1. The molecule has 18 heavy (non-hydrogen) atoms. The average molecular weight is 285 g/mol. The first kappa shape index (κ1) is 13.9. The highest BCUT2D eigenvalue weighted by Crippen LogP contribution is 2.42. The van der Waals surface area contributed by atoms with Crippen molar-refractivity contribution in [1.29, 1.82) is 0 Å². The zero-order chi connectivity index (χ0) is 13.0. The second-order valence-electron chi connectivity index (χ2n) is 4.78. The van der Waals surface area contributed by atoms with Crippen LogP contribution in [0.2, 0.25) is 0 Å². The third-order valence-electron chi connectivity index (χ3n) is 3.49. The summed E-state index contributed by atoms with van der Waals surface area (Å²) in [6.45, 7) is 1.91. The van der Waals surface area contributed by atoms with Crippen molar-refractivity contribution in [2.45, 2.75) is 37.0 Å². The van der Waals surface area contributed by atoms with Crippen LogP contribution in [0.15, 0.2) is 12.1 Å². The molecule has 0 unspecified atom stereocenters. The number of thioether (sulfide) groups is 1. The van der Waals surface area contributed by atoms with Crippen LogP contribution in [-0.2, 0) is 17.8 Å². The number of nitrogens with one attached hydrogen (secondary N) is 1. The van der Waals surface area contributed by atoms with Gasteiger partial charge in [-0.2, -0.15) is 11.8 Å². The highest BCUT2D eigenvalue weighted by molar-refractivity contribution is 8.00. The summed E-state index contributed by atoms with van der Waals surface area (Å²) >= 11 is 3.57. The standard InChI is InChI=1S/C13H19NO2S2/c1-17-13(5-2-6-13)9-14-8-11-4-3-10(18-11)7-12(15)16/h3-4,14H,2,5-9H2,1H3,(H,15,16). The molecule has 0 radical (unpaired) electrons. The van der Waals surface area contributed by atoms with E-state index in [1.165, 1.54) is 24.1 Å². The van der Waals surface area contributed by atoms with Gasteiger partial charge in [-0.05, 0) is 31.2 Å². The second-order valence-corrected chi connectivity index (χ2v) is 7.31. The molecule has 0 amide bonds. The highest BCUT2D eigenvalue weighted by atomic mass is 32.2. The predicted molar refractivity (Wildman–Crippen MR) is 77.5 cm³/mol. The van der Waals surface area contributed by atoms with Crippen molar-refractivity contribution in [2.24, 2.45) is 0 Å². The molecule has 0 atom stereocenters. The third-order valence-corrected chi connectivity index (χ3v) is 5.99. The SMILES string of the molecule is CSC1(CNCc2ccc(CC(=O)O)s2)CCC1. The van der Waals surface area contributed by atoms with Gasteiger partial charge < -0.3 is 10.4 Å². The minimum absolute atomic E-state index is 0.138. The monoisotopic (exact) mass is 285 g/mol. The van der Waals surface area contributed by atoms with Crippen molar-refractivity contribution in [1.82, 2.24) is 5.32 Å².